The molecule has 0 N–H and O–H groups in total. The highest BCUT2D eigenvalue weighted by Crippen LogP contribution is 2.23. The summed E-state index contributed by atoms with van der Waals surface area (Å²) < 4.78 is 30.9. The van der Waals surface area contributed by atoms with Crippen molar-refractivity contribution in [3.8, 4) is 0 Å². The minimum Gasteiger partial charge on any atom is -0.462 e. The predicted molar refractivity (Wildman–Crippen MR) is 50.1 cm³/mol. The molecular weight excluding hydrogens is 220 g/mol. The van der Waals surface area contributed by atoms with Crippen LogP contribution in [0.4, 0.5) is 14.5 Å². The molecule has 84 valence electrons. The third-order valence-corrected chi connectivity index (χ3v) is 1.69. The van der Waals surface area contributed by atoms with Crippen LogP contribution in [0.1, 0.15) is 17.3 Å². The van der Waals surface area contributed by atoms with Gasteiger partial charge in [-0.05, 0) is 19.1 Å². The number of aliphatic imine (C=N–C) groups is 1. The number of halogens is 2. The Kier molecular flexibility index (Phi) is 3.85. The van der Waals surface area contributed by atoms with Crippen LogP contribution in [0.2, 0.25) is 0 Å². The second-order valence-electron chi connectivity index (χ2n) is 2.71. The quantitative estimate of drug-likeness (QED) is 0.451. The number of esters is 1. The topological polar surface area (TPSA) is 55.7 Å². The number of ether oxygens (including phenoxy) is 1. The van der Waals surface area contributed by atoms with Gasteiger partial charge in [0.2, 0.25) is 6.08 Å². The largest absolute Gasteiger partial charge is 0.462 e. The maximum absolute atomic E-state index is 13.2. The van der Waals surface area contributed by atoms with Crippen molar-refractivity contribution in [2.24, 2.45) is 4.99 Å². The van der Waals surface area contributed by atoms with Crippen LogP contribution in [0, 0.1) is 11.6 Å². The zero-order valence-corrected chi connectivity index (χ0v) is 8.29. The number of benzene rings is 1. The van der Waals surface area contributed by atoms with Gasteiger partial charge in [-0.2, -0.15) is 4.99 Å². The molecule has 1 aromatic carbocycles. The fourth-order valence-corrected chi connectivity index (χ4v) is 1.05. The van der Waals surface area contributed by atoms with Gasteiger partial charge in [0.1, 0.15) is 5.69 Å². The summed E-state index contributed by atoms with van der Waals surface area (Å²) in [6.45, 7) is 1.66. The smallest absolute Gasteiger partial charge is 0.338 e. The highest BCUT2D eigenvalue weighted by molar-refractivity contribution is 5.89. The Balaban J connectivity index is 3.19. The molecule has 0 fully saturated rings. The lowest BCUT2D eigenvalue weighted by atomic mass is 10.2. The Morgan fingerprint density at radius 3 is 2.44 bits per heavy atom. The van der Waals surface area contributed by atoms with Crippen LogP contribution in [0.25, 0.3) is 0 Å². The molecule has 0 heterocycles. The Hall–Kier alpha value is -2.07. The van der Waals surface area contributed by atoms with E-state index in [0.29, 0.717) is 0 Å². The zero-order chi connectivity index (χ0) is 12.1. The molecule has 0 saturated carbocycles. The summed E-state index contributed by atoms with van der Waals surface area (Å²) in [5.74, 6) is -3.08. The van der Waals surface area contributed by atoms with Crippen molar-refractivity contribution in [2.75, 3.05) is 6.61 Å². The van der Waals surface area contributed by atoms with Crippen molar-refractivity contribution in [3.63, 3.8) is 0 Å². The van der Waals surface area contributed by atoms with E-state index in [1.54, 1.807) is 6.92 Å². The van der Waals surface area contributed by atoms with E-state index in [0.717, 1.165) is 18.2 Å². The van der Waals surface area contributed by atoms with Gasteiger partial charge in [-0.15, -0.1) is 0 Å². The Morgan fingerprint density at radius 2 is 2.00 bits per heavy atom. The summed E-state index contributed by atoms with van der Waals surface area (Å²) in [7, 11) is 0. The summed E-state index contributed by atoms with van der Waals surface area (Å²) >= 11 is 0. The fourth-order valence-electron chi connectivity index (χ4n) is 1.05. The monoisotopic (exact) mass is 227 g/mol. The molecule has 0 atom stereocenters. The van der Waals surface area contributed by atoms with Crippen molar-refractivity contribution in [1.82, 2.24) is 0 Å². The first-order valence-electron chi connectivity index (χ1n) is 4.34. The van der Waals surface area contributed by atoms with Crippen LogP contribution in [-0.2, 0) is 9.53 Å². The third-order valence-electron chi connectivity index (χ3n) is 1.69. The average molecular weight is 227 g/mol. The van der Waals surface area contributed by atoms with E-state index < -0.39 is 23.3 Å². The molecule has 16 heavy (non-hydrogen) atoms. The van der Waals surface area contributed by atoms with E-state index in [2.05, 4.69) is 9.73 Å². The third kappa shape index (κ3) is 2.49. The molecular formula is C10H7F2NO3. The van der Waals surface area contributed by atoms with Gasteiger partial charge in [-0.25, -0.2) is 18.4 Å². The average Bonchev–Trinajstić information content (AvgIpc) is 2.23. The molecule has 4 nitrogen and oxygen atoms in total. The minimum absolute atomic E-state index is 0.0936. The lowest BCUT2D eigenvalue weighted by molar-refractivity contribution is 0.0525. The Labute approximate surface area is 89.6 Å². The van der Waals surface area contributed by atoms with Gasteiger partial charge in [0, 0.05) is 0 Å². The Bertz CT molecular complexity index is 444. The molecule has 0 spiro atoms. The van der Waals surface area contributed by atoms with Crippen molar-refractivity contribution >= 4 is 17.7 Å². The maximum Gasteiger partial charge on any atom is 0.338 e. The summed E-state index contributed by atoms with van der Waals surface area (Å²) in [6.07, 6.45) is 1.02. The van der Waals surface area contributed by atoms with Gasteiger partial charge >= 0.3 is 5.97 Å². The number of carbonyl (C=O) groups excluding carboxylic acids is 2. The second-order valence-corrected chi connectivity index (χ2v) is 2.71. The second kappa shape index (κ2) is 5.14. The number of rotatable bonds is 3. The van der Waals surface area contributed by atoms with Gasteiger partial charge in [0.15, 0.2) is 11.6 Å². The van der Waals surface area contributed by atoms with Crippen LogP contribution >= 0.6 is 0 Å². The zero-order valence-electron chi connectivity index (χ0n) is 8.29. The predicted octanol–water partition coefficient (Wildman–Crippen LogP) is 2.11. The van der Waals surface area contributed by atoms with Crippen molar-refractivity contribution in [3.05, 3.63) is 29.3 Å². The highest BCUT2D eigenvalue weighted by atomic mass is 19.1. The van der Waals surface area contributed by atoms with Crippen molar-refractivity contribution < 1.29 is 23.1 Å². The number of hydrogen-bond donors (Lipinski definition) is 0. The van der Waals surface area contributed by atoms with Crippen molar-refractivity contribution in [2.45, 2.75) is 6.92 Å². The van der Waals surface area contributed by atoms with Crippen LogP contribution in [0.15, 0.2) is 17.1 Å². The summed E-state index contributed by atoms with van der Waals surface area (Å²) in [5, 5.41) is 0. The van der Waals surface area contributed by atoms with Gasteiger partial charge in [-0.3, -0.25) is 0 Å². The van der Waals surface area contributed by atoms with E-state index in [9.17, 15) is 18.4 Å². The summed E-state index contributed by atoms with van der Waals surface area (Å²) in [6, 6.07) is 1.49. The van der Waals surface area contributed by atoms with Crippen molar-refractivity contribution in [1.29, 1.82) is 0 Å². The lowest BCUT2D eigenvalue weighted by Gasteiger charge is -2.03. The van der Waals surface area contributed by atoms with Gasteiger partial charge < -0.3 is 4.74 Å². The maximum atomic E-state index is 13.2. The number of hydrogen-bond acceptors (Lipinski definition) is 4. The molecule has 1 rings (SSSR count). The number of nitrogens with zero attached hydrogens (tertiary/aromatic N) is 1. The van der Waals surface area contributed by atoms with E-state index >= 15 is 0 Å². The van der Waals surface area contributed by atoms with E-state index in [1.807, 2.05) is 0 Å². The minimum atomic E-state index is -1.12. The standard InChI is InChI=1S/C10H7F2NO3/c1-2-16-10(15)6-3-7(11)9(13-5-14)8(12)4-6/h3-4H,2H2,1H3. The van der Waals surface area contributed by atoms with Crippen LogP contribution < -0.4 is 0 Å². The first-order chi connectivity index (χ1) is 7.60. The molecule has 0 saturated heterocycles. The molecule has 0 aliphatic heterocycles. The fraction of sp³-hybridized carbons (Fsp3) is 0.200. The van der Waals surface area contributed by atoms with Crippen LogP contribution in [0.5, 0.6) is 0 Å². The molecule has 6 heteroatoms. The number of isocyanates is 1. The molecule has 0 aliphatic rings. The highest BCUT2D eigenvalue weighted by Gasteiger charge is 2.15. The molecule has 0 aromatic heterocycles. The number of carbonyl (C=O) groups is 1. The Morgan fingerprint density at radius 1 is 1.44 bits per heavy atom. The van der Waals surface area contributed by atoms with E-state index in [-0.39, 0.29) is 12.2 Å². The van der Waals surface area contributed by atoms with E-state index in [4.69, 9.17) is 0 Å². The molecule has 1 aromatic rings. The van der Waals surface area contributed by atoms with Gasteiger partial charge in [0.25, 0.3) is 0 Å². The molecule has 0 bridgehead atoms. The van der Waals surface area contributed by atoms with Crippen LogP contribution in [-0.4, -0.2) is 18.7 Å². The van der Waals surface area contributed by atoms with Gasteiger partial charge in [0.05, 0.1) is 12.2 Å². The summed E-state index contributed by atoms with van der Waals surface area (Å²) in [5.41, 5.74) is -1.05. The summed E-state index contributed by atoms with van der Waals surface area (Å²) in [4.78, 5) is 23.9. The normalized spacial score (nSPS) is 9.44. The molecule has 0 unspecified atom stereocenters. The molecule has 0 aliphatic carbocycles. The SMILES string of the molecule is CCOC(=O)c1cc(F)c(N=C=O)c(F)c1. The van der Waals surface area contributed by atoms with E-state index in [1.165, 1.54) is 0 Å². The molecule has 0 amide bonds. The van der Waals surface area contributed by atoms with Gasteiger partial charge in [-0.1, -0.05) is 0 Å². The first-order valence-corrected chi connectivity index (χ1v) is 4.34. The lowest BCUT2D eigenvalue weighted by Crippen LogP contribution is -2.05. The molecule has 0 radical (unpaired) electrons. The first kappa shape index (κ1) is 12.0. The van der Waals surface area contributed by atoms with Crippen LogP contribution in [0.3, 0.4) is 0 Å².